The van der Waals surface area contributed by atoms with E-state index in [0.29, 0.717) is 0 Å². The van der Waals surface area contributed by atoms with E-state index in [2.05, 4.69) is 11.4 Å². The van der Waals surface area contributed by atoms with Crippen LogP contribution in [-0.4, -0.2) is 5.78 Å². The fourth-order valence-electron chi connectivity index (χ4n) is 2.71. The van der Waals surface area contributed by atoms with Gasteiger partial charge in [-0.25, -0.2) is 0 Å². The number of anilines is 2. The van der Waals surface area contributed by atoms with Gasteiger partial charge < -0.3 is 5.32 Å². The summed E-state index contributed by atoms with van der Waals surface area (Å²) in [6.45, 7) is 4.07. The zero-order valence-electron chi connectivity index (χ0n) is 11.9. The van der Waals surface area contributed by atoms with Gasteiger partial charge in [-0.3, -0.25) is 4.79 Å². The van der Waals surface area contributed by atoms with Gasteiger partial charge in [0.2, 0.25) is 0 Å². The molecule has 0 aliphatic heterocycles. The summed E-state index contributed by atoms with van der Waals surface area (Å²) in [7, 11) is 0. The summed E-state index contributed by atoms with van der Waals surface area (Å²) in [6.07, 6.45) is 1.89. The predicted octanol–water partition coefficient (Wildman–Crippen LogP) is 4.59. The Hall–Kier alpha value is -2.09. The molecule has 0 aromatic heterocycles. The van der Waals surface area contributed by atoms with Gasteiger partial charge in [-0.1, -0.05) is 32.0 Å². The molecule has 2 heteroatoms. The van der Waals surface area contributed by atoms with E-state index in [1.165, 1.54) is 0 Å². The molecule has 0 bridgehead atoms. The molecule has 0 unspecified atom stereocenters. The maximum absolute atomic E-state index is 12.4. The van der Waals surface area contributed by atoms with E-state index >= 15 is 0 Å². The molecule has 2 aromatic carbocycles. The van der Waals surface area contributed by atoms with Crippen LogP contribution in [0, 0.1) is 5.41 Å². The van der Waals surface area contributed by atoms with Crippen LogP contribution in [0.2, 0.25) is 0 Å². The summed E-state index contributed by atoms with van der Waals surface area (Å²) < 4.78 is 0. The van der Waals surface area contributed by atoms with Crippen LogP contribution in [0.3, 0.4) is 0 Å². The Bertz CT molecular complexity index is 644. The molecule has 0 saturated heterocycles. The monoisotopic (exact) mass is 265 g/mol. The second kappa shape index (κ2) is 4.78. The van der Waals surface area contributed by atoms with Gasteiger partial charge in [0.05, 0.1) is 0 Å². The first-order valence-corrected chi connectivity index (χ1v) is 7.06. The van der Waals surface area contributed by atoms with Gasteiger partial charge in [0.15, 0.2) is 5.78 Å². The summed E-state index contributed by atoms with van der Waals surface area (Å²) in [5.74, 6) is 0.269. The number of carbonyl (C=O) groups excluding carboxylic acids is 1. The molecular weight excluding hydrogens is 246 g/mol. The average Bonchev–Trinajstić information content (AvgIpc) is 2.45. The van der Waals surface area contributed by atoms with E-state index in [1.807, 2.05) is 56.3 Å². The second-order valence-corrected chi connectivity index (χ2v) is 6.08. The molecule has 1 aliphatic carbocycles. The average molecular weight is 265 g/mol. The van der Waals surface area contributed by atoms with Gasteiger partial charge in [-0.15, -0.1) is 0 Å². The lowest BCUT2D eigenvalue weighted by atomic mass is 9.73. The number of Topliss-reactive ketones (excluding diaryl/α,β-unsaturated/α-hetero) is 1. The number of benzene rings is 2. The van der Waals surface area contributed by atoms with Gasteiger partial charge in [-0.2, -0.15) is 0 Å². The number of aryl methyl sites for hydroxylation is 1. The molecule has 0 fully saturated rings. The third-order valence-corrected chi connectivity index (χ3v) is 4.05. The van der Waals surface area contributed by atoms with Crippen molar-refractivity contribution >= 4 is 17.2 Å². The zero-order valence-corrected chi connectivity index (χ0v) is 11.9. The Kier molecular flexibility index (Phi) is 3.09. The molecule has 0 amide bonds. The van der Waals surface area contributed by atoms with Crippen LogP contribution in [0.5, 0.6) is 0 Å². The molecule has 0 spiro atoms. The standard InChI is InChI=1S/C18H19NO/c1-18(2)11-10-13-12-15(8-9-16(13)17(18)20)19-14-6-4-3-5-7-14/h3-9,12,19H,10-11H2,1-2H3. The minimum absolute atomic E-state index is 0.221. The minimum atomic E-state index is -0.221. The zero-order chi connectivity index (χ0) is 14.2. The fraction of sp³-hybridized carbons (Fsp3) is 0.278. The van der Waals surface area contributed by atoms with Crippen LogP contribution < -0.4 is 5.32 Å². The van der Waals surface area contributed by atoms with Crippen molar-refractivity contribution in [3.8, 4) is 0 Å². The minimum Gasteiger partial charge on any atom is -0.356 e. The third kappa shape index (κ3) is 2.34. The van der Waals surface area contributed by atoms with Crippen molar-refractivity contribution in [3.63, 3.8) is 0 Å². The molecule has 1 N–H and O–H groups in total. The molecule has 2 nitrogen and oxygen atoms in total. The van der Waals surface area contributed by atoms with Crippen molar-refractivity contribution in [2.24, 2.45) is 5.41 Å². The quantitative estimate of drug-likeness (QED) is 0.860. The van der Waals surface area contributed by atoms with Crippen LogP contribution in [0.4, 0.5) is 11.4 Å². The number of carbonyl (C=O) groups is 1. The molecule has 1 aliphatic rings. The number of nitrogens with one attached hydrogen (secondary N) is 1. The van der Waals surface area contributed by atoms with Crippen molar-refractivity contribution in [2.45, 2.75) is 26.7 Å². The fourth-order valence-corrected chi connectivity index (χ4v) is 2.71. The van der Waals surface area contributed by atoms with Crippen LogP contribution in [0.25, 0.3) is 0 Å². The molecule has 0 heterocycles. The first-order chi connectivity index (χ1) is 9.56. The summed E-state index contributed by atoms with van der Waals surface area (Å²) in [6, 6.07) is 16.1. The summed E-state index contributed by atoms with van der Waals surface area (Å²) >= 11 is 0. The number of para-hydroxylation sites is 1. The Morgan fingerprint density at radius 1 is 1.00 bits per heavy atom. The Labute approximate surface area is 119 Å². The number of ketones is 1. The Balaban J connectivity index is 1.89. The maximum atomic E-state index is 12.4. The predicted molar refractivity (Wildman–Crippen MR) is 82.6 cm³/mol. The molecule has 2 aromatic rings. The van der Waals surface area contributed by atoms with Crippen molar-refractivity contribution in [2.75, 3.05) is 5.32 Å². The van der Waals surface area contributed by atoms with Crippen LogP contribution >= 0.6 is 0 Å². The molecule has 0 atom stereocenters. The number of fused-ring (bicyclic) bond motifs is 1. The van der Waals surface area contributed by atoms with Crippen LogP contribution in [0.15, 0.2) is 48.5 Å². The molecular formula is C18H19NO. The highest BCUT2D eigenvalue weighted by atomic mass is 16.1. The van der Waals surface area contributed by atoms with E-state index < -0.39 is 0 Å². The van der Waals surface area contributed by atoms with Gasteiger partial charge in [-0.05, 0) is 48.7 Å². The SMILES string of the molecule is CC1(C)CCc2cc(Nc3ccccc3)ccc2C1=O. The summed E-state index contributed by atoms with van der Waals surface area (Å²) in [5.41, 5.74) is 3.94. The number of hydrogen-bond donors (Lipinski definition) is 1. The molecule has 102 valence electrons. The van der Waals surface area contributed by atoms with Gasteiger partial charge >= 0.3 is 0 Å². The topological polar surface area (TPSA) is 29.1 Å². The number of rotatable bonds is 2. The normalized spacial score (nSPS) is 16.6. The van der Waals surface area contributed by atoms with Crippen molar-refractivity contribution in [3.05, 3.63) is 59.7 Å². The van der Waals surface area contributed by atoms with Gasteiger partial charge in [0, 0.05) is 22.4 Å². The van der Waals surface area contributed by atoms with Gasteiger partial charge in [0.25, 0.3) is 0 Å². The van der Waals surface area contributed by atoms with Crippen LogP contribution in [-0.2, 0) is 6.42 Å². The van der Waals surface area contributed by atoms with E-state index in [-0.39, 0.29) is 11.2 Å². The van der Waals surface area contributed by atoms with E-state index in [4.69, 9.17) is 0 Å². The molecule has 20 heavy (non-hydrogen) atoms. The number of hydrogen-bond acceptors (Lipinski definition) is 2. The van der Waals surface area contributed by atoms with E-state index in [1.54, 1.807) is 0 Å². The van der Waals surface area contributed by atoms with Crippen molar-refractivity contribution in [1.29, 1.82) is 0 Å². The Morgan fingerprint density at radius 3 is 2.50 bits per heavy atom. The highest BCUT2D eigenvalue weighted by Gasteiger charge is 2.33. The molecule has 3 rings (SSSR count). The third-order valence-electron chi connectivity index (χ3n) is 4.05. The van der Waals surface area contributed by atoms with Crippen LogP contribution in [0.1, 0.15) is 36.2 Å². The maximum Gasteiger partial charge on any atom is 0.168 e. The first kappa shape index (κ1) is 12.9. The second-order valence-electron chi connectivity index (χ2n) is 6.08. The van der Waals surface area contributed by atoms with Crippen molar-refractivity contribution in [1.82, 2.24) is 0 Å². The van der Waals surface area contributed by atoms with Gasteiger partial charge in [0.1, 0.15) is 0 Å². The summed E-state index contributed by atoms with van der Waals surface area (Å²) in [5, 5.41) is 3.38. The highest BCUT2D eigenvalue weighted by molar-refractivity contribution is 6.02. The lowest BCUT2D eigenvalue weighted by Gasteiger charge is -2.29. The van der Waals surface area contributed by atoms with E-state index in [9.17, 15) is 4.79 Å². The van der Waals surface area contributed by atoms with E-state index in [0.717, 1.165) is 35.3 Å². The first-order valence-electron chi connectivity index (χ1n) is 7.06. The lowest BCUT2D eigenvalue weighted by Crippen LogP contribution is -2.30. The molecule has 0 radical (unpaired) electrons. The smallest absolute Gasteiger partial charge is 0.168 e. The largest absolute Gasteiger partial charge is 0.356 e. The molecule has 0 saturated carbocycles. The van der Waals surface area contributed by atoms with Crippen molar-refractivity contribution < 1.29 is 4.79 Å². The summed E-state index contributed by atoms with van der Waals surface area (Å²) in [4.78, 5) is 12.4. The Morgan fingerprint density at radius 2 is 1.75 bits per heavy atom. The lowest BCUT2D eigenvalue weighted by molar-refractivity contribution is 0.0811. The highest BCUT2D eigenvalue weighted by Crippen LogP contribution is 2.35.